The van der Waals surface area contributed by atoms with E-state index in [2.05, 4.69) is 9.47 Å². The van der Waals surface area contributed by atoms with Gasteiger partial charge in [-0.3, -0.25) is 9.69 Å². The highest BCUT2D eigenvalue weighted by Crippen LogP contribution is 2.34. The zero-order valence-corrected chi connectivity index (χ0v) is 23.6. The van der Waals surface area contributed by atoms with Gasteiger partial charge in [-0.1, -0.05) is 30.3 Å². The molecule has 1 aromatic rings. The number of rotatable bonds is 9. The van der Waals surface area contributed by atoms with Crippen molar-refractivity contribution < 1.29 is 33.1 Å². The topological polar surface area (TPSA) is 94.6 Å². The van der Waals surface area contributed by atoms with Gasteiger partial charge in [-0.15, -0.1) is 11.8 Å². The van der Waals surface area contributed by atoms with E-state index in [1.54, 1.807) is 39.5 Å². The van der Waals surface area contributed by atoms with Crippen molar-refractivity contribution in [2.24, 2.45) is 0 Å². The summed E-state index contributed by atoms with van der Waals surface area (Å²) in [6, 6.07) is 8.90. The van der Waals surface area contributed by atoms with E-state index in [4.69, 9.17) is 18.7 Å². The number of amides is 3. The fraction of sp³-hybridized carbons (Fsp3) is 0.640. The van der Waals surface area contributed by atoms with Crippen LogP contribution in [-0.2, 0) is 29.9 Å². The van der Waals surface area contributed by atoms with Gasteiger partial charge in [-0.2, -0.15) is 0 Å². The first-order valence-electron chi connectivity index (χ1n) is 12.1. The SMILES string of the molecule is CC(C)(C)OC(=O)N1[C@@H](C[C@H](SCCOP)C(=O)N2C(=O)OC[C@@H]2Cc2ccccc2)COC1(C)C. The molecule has 2 aliphatic rings. The van der Waals surface area contributed by atoms with Gasteiger partial charge in [-0.25, -0.2) is 14.5 Å². The first-order chi connectivity index (χ1) is 16.9. The Morgan fingerprint density at radius 2 is 1.89 bits per heavy atom. The highest BCUT2D eigenvalue weighted by Gasteiger charge is 2.48. The van der Waals surface area contributed by atoms with E-state index in [0.717, 1.165) is 5.56 Å². The van der Waals surface area contributed by atoms with Gasteiger partial charge >= 0.3 is 12.2 Å². The van der Waals surface area contributed by atoms with E-state index < -0.39 is 40.8 Å². The van der Waals surface area contributed by atoms with Crippen molar-refractivity contribution in [3.63, 3.8) is 0 Å². The lowest BCUT2D eigenvalue weighted by atomic mass is 10.0. The Bertz CT molecular complexity index is 925. The zero-order valence-electron chi connectivity index (χ0n) is 21.6. The summed E-state index contributed by atoms with van der Waals surface area (Å²) in [7, 11) is 2.20. The molecule has 0 N–H and O–H groups in total. The van der Waals surface area contributed by atoms with Gasteiger partial charge < -0.3 is 18.7 Å². The third-order valence-electron chi connectivity index (χ3n) is 5.96. The summed E-state index contributed by atoms with van der Waals surface area (Å²) in [5.74, 6) is 0.205. The number of nitrogens with zero attached hydrogens (tertiary/aromatic N) is 2. The molecular formula is C25H37N2O7PS. The summed E-state index contributed by atoms with van der Waals surface area (Å²) >= 11 is 1.39. The van der Waals surface area contributed by atoms with Crippen LogP contribution in [0.4, 0.5) is 9.59 Å². The maximum atomic E-state index is 13.8. The Balaban J connectivity index is 1.81. The average molecular weight is 541 g/mol. The Morgan fingerprint density at radius 3 is 2.53 bits per heavy atom. The lowest BCUT2D eigenvalue weighted by molar-refractivity contribution is -0.129. The molecule has 200 valence electrons. The number of ether oxygens (including phenoxy) is 3. The van der Waals surface area contributed by atoms with Gasteiger partial charge in [0, 0.05) is 15.2 Å². The molecule has 0 aromatic heterocycles. The maximum absolute atomic E-state index is 13.8. The Hall–Kier alpha value is -1.87. The normalized spacial score (nSPS) is 22.4. The number of benzene rings is 1. The first kappa shape index (κ1) is 28.7. The molecular weight excluding hydrogens is 503 g/mol. The van der Waals surface area contributed by atoms with Crippen LogP contribution in [0.5, 0.6) is 0 Å². The van der Waals surface area contributed by atoms with E-state index in [-0.39, 0.29) is 19.1 Å². The first-order valence-corrected chi connectivity index (χ1v) is 13.6. The van der Waals surface area contributed by atoms with Gasteiger partial charge in [-0.05, 0) is 53.0 Å². The lowest BCUT2D eigenvalue weighted by Crippen LogP contribution is -2.52. The van der Waals surface area contributed by atoms with Gasteiger partial charge in [0.1, 0.15) is 17.9 Å². The smallest absolute Gasteiger partial charge is 0.417 e. The van der Waals surface area contributed by atoms with E-state index in [0.29, 0.717) is 25.2 Å². The van der Waals surface area contributed by atoms with E-state index in [1.165, 1.54) is 16.7 Å². The minimum Gasteiger partial charge on any atom is -0.447 e. The zero-order chi connectivity index (χ0) is 26.5. The minimum atomic E-state index is -0.892. The van der Waals surface area contributed by atoms with Crippen LogP contribution in [0.1, 0.15) is 46.6 Å². The van der Waals surface area contributed by atoms with E-state index in [1.807, 2.05) is 30.3 Å². The van der Waals surface area contributed by atoms with Crippen LogP contribution in [0.15, 0.2) is 30.3 Å². The number of carbonyl (C=O) groups excluding carboxylic acids is 3. The molecule has 11 heteroatoms. The summed E-state index contributed by atoms with van der Waals surface area (Å²) in [6.45, 7) is 9.85. The Labute approximate surface area is 219 Å². The van der Waals surface area contributed by atoms with Crippen molar-refractivity contribution in [1.82, 2.24) is 9.80 Å². The van der Waals surface area contributed by atoms with E-state index >= 15 is 0 Å². The molecule has 0 bridgehead atoms. The van der Waals surface area contributed by atoms with Gasteiger partial charge in [0.05, 0.1) is 30.5 Å². The van der Waals surface area contributed by atoms with Gasteiger partial charge in [0.2, 0.25) is 5.91 Å². The van der Waals surface area contributed by atoms with Crippen molar-refractivity contribution in [2.75, 3.05) is 25.6 Å². The van der Waals surface area contributed by atoms with Crippen LogP contribution >= 0.6 is 21.2 Å². The lowest BCUT2D eigenvalue weighted by Gasteiger charge is -2.36. The number of carbonyl (C=O) groups is 3. The van der Waals surface area contributed by atoms with Gasteiger partial charge in [0.25, 0.3) is 0 Å². The summed E-state index contributed by atoms with van der Waals surface area (Å²) in [5, 5.41) is -0.610. The van der Waals surface area contributed by atoms with Gasteiger partial charge in [0.15, 0.2) is 0 Å². The Morgan fingerprint density at radius 1 is 1.19 bits per heavy atom. The Kier molecular flexibility index (Phi) is 9.66. The van der Waals surface area contributed by atoms with Crippen LogP contribution in [0.3, 0.4) is 0 Å². The molecule has 4 atom stereocenters. The maximum Gasteiger partial charge on any atom is 0.417 e. The van der Waals surface area contributed by atoms with Crippen LogP contribution < -0.4 is 0 Å². The number of cyclic esters (lactones) is 1. The third kappa shape index (κ3) is 7.34. The number of imide groups is 1. The fourth-order valence-electron chi connectivity index (χ4n) is 4.39. The minimum absolute atomic E-state index is 0.148. The van der Waals surface area contributed by atoms with Crippen molar-refractivity contribution in [3.05, 3.63) is 35.9 Å². The number of hydrogen-bond acceptors (Lipinski definition) is 8. The third-order valence-corrected chi connectivity index (χ3v) is 7.39. The quantitative estimate of drug-likeness (QED) is 0.339. The van der Waals surface area contributed by atoms with Crippen LogP contribution in [0.25, 0.3) is 0 Å². The standard InChI is InChI=1S/C25H37N2O7PS/c1-24(2,3)34-23(30)27-19(16-32-25(27,4)5)14-20(36-12-11-33-35)21(28)26-18(15-31-22(26)29)13-17-9-7-6-8-10-17/h6-10,18-20H,11-16,35H2,1-5H3/t18-,19-,20-/m0/s1. The molecule has 2 fully saturated rings. The molecule has 36 heavy (non-hydrogen) atoms. The highest BCUT2D eigenvalue weighted by atomic mass is 32.2. The van der Waals surface area contributed by atoms with Crippen molar-refractivity contribution in [2.45, 2.75) is 76.1 Å². The molecule has 2 heterocycles. The summed E-state index contributed by atoms with van der Waals surface area (Å²) in [6.07, 6.45) is -0.332. The molecule has 1 unspecified atom stereocenters. The van der Waals surface area contributed by atoms with Crippen LogP contribution in [0, 0.1) is 0 Å². The molecule has 0 saturated carbocycles. The average Bonchev–Trinajstić information content (AvgIpc) is 3.30. The van der Waals surface area contributed by atoms with Crippen molar-refractivity contribution in [3.8, 4) is 0 Å². The molecule has 9 nitrogen and oxygen atoms in total. The largest absolute Gasteiger partial charge is 0.447 e. The molecule has 2 saturated heterocycles. The second-order valence-corrected chi connectivity index (χ2v) is 12.0. The van der Waals surface area contributed by atoms with Crippen molar-refractivity contribution in [1.29, 1.82) is 0 Å². The predicted molar refractivity (Wildman–Crippen MR) is 141 cm³/mol. The van der Waals surface area contributed by atoms with Crippen LogP contribution in [-0.4, -0.2) is 82.1 Å². The second kappa shape index (κ2) is 12.1. The molecule has 0 spiro atoms. The highest BCUT2D eigenvalue weighted by molar-refractivity contribution is 8.00. The number of thioether (sulfide) groups is 1. The fourth-order valence-corrected chi connectivity index (χ4v) is 5.77. The van der Waals surface area contributed by atoms with E-state index in [9.17, 15) is 14.4 Å². The second-order valence-electron chi connectivity index (χ2n) is 10.4. The molecule has 2 aliphatic heterocycles. The molecule has 0 aliphatic carbocycles. The molecule has 1 aromatic carbocycles. The summed E-state index contributed by atoms with van der Waals surface area (Å²) in [4.78, 5) is 42.3. The predicted octanol–water partition coefficient (Wildman–Crippen LogP) is 4.25. The van der Waals surface area contributed by atoms with Crippen LogP contribution in [0.2, 0.25) is 0 Å². The molecule has 3 amide bonds. The monoisotopic (exact) mass is 540 g/mol. The summed E-state index contributed by atoms with van der Waals surface area (Å²) < 4.78 is 22.0. The molecule has 3 rings (SSSR count). The number of hydrogen-bond donors (Lipinski definition) is 0. The molecule has 0 radical (unpaired) electrons. The summed E-state index contributed by atoms with van der Waals surface area (Å²) in [5.41, 5.74) is -0.553. The van der Waals surface area contributed by atoms with Crippen molar-refractivity contribution >= 4 is 39.3 Å².